The Labute approximate surface area is 143 Å². The smallest absolute Gasteiger partial charge is 0.247 e. The summed E-state index contributed by atoms with van der Waals surface area (Å²) in [6.07, 6.45) is 2.62. The van der Waals surface area contributed by atoms with Gasteiger partial charge in [0.1, 0.15) is 0 Å². The van der Waals surface area contributed by atoms with Gasteiger partial charge in [-0.15, -0.1) is 0 Å². The third kappa shape index (κ3) is 3.39. The molecule has 0 aliphatic carbocycles. The third-order valence-electron chi connectivity index (χ3n) is 4.41. The van der Waals surface area contributed by atoms with Crippen LogP contribution in [0.4, 0.5) is 5.82 Å². The fraction of sp³-hybridized carbons (Fsp3) is 0.625. The molecule has 0 aromatic carbocycles. The Bertz CT molecular complexity index is 736. The van der Waals surface area contributed by atoms with Crippen molar-refractivity contribution in [2.75, 3.05) is 11.9 Å². The fourth-order valence-corrected chi connectivity index (χ4v) is 4.46. The molecule has 0 radical (unpaired) electrons. The van der Waals surface area contributed by atoms with E-state index in [9.17, 15) is 13.2 Å². The van der Waals surface area contributed by atoms with Crippen LogP contribution in [0.25, 0.3) is 5.57 Å². The number of carbonyl (C=O) groups excluding carboxylic acids is 1. The van der Waals surface area contributed by atoms with E-state index in [0.717, 1.165) is 19.3 Å². The number of hydrogen-bond acceptors (Lipinski definition) is 5. The van der Waals surface area contributed by atoms with Crippen molar-refractivity contribution in [3.8, 4) is 0 Å². The van der Waals surface area contributed by atoms with Crippen LogP contribution in [0.3, 0.4) is 0 Å². The number of carbonyl (C=O) groups is 1. The van der Waals surface area contributed by atoms with E-state index >= 15 is 0 Å². The number of aromatic nitrogens is 1. The molecule has 8 heteroatoms. The number of amides is 1. The average molecular weight is 355 g/mol. The van der Waals surface area contributed by atoms with E-state index in [0.29, 0.717) is 17.9 Å². The molecule has 134 valence electrons. The van der Waals surface area contributed by atoms with Crippen molar-refractivity contribution in [1.29, 1.82) is 0 Å². The quantitative estimate of drug-likeness (QED) is 0.876. The largest absolute Gasteiger partial charge is 0.354 e. The number of rotatable bonds is 5. The van der Waals surface area contributed by atoms with Gasteiger partial charge >= 0.3 is 0 Å². The number of piperidine rings is 1. The first kappa shape index (κ1) is 18.7. The van der Waals surface area contributed by atoms with E-state index < -0.39 is 20.7 Å². The first-order valence-corrected chi connectivity index (χ1v) is 9.47. The second-order valence-corrected chi connectivity index (χ2v) is 9.22. The van der Waals surface area contributed by atoms with Gasteiger partial charge in [-0.05, 0) is 46.1 Å². The van der Waals surface area contributed by atoms with Gasteiger partial charge in [0, 0.05) is 18.7 Å². The van der Waals surface area contributed by atoms with E-state index in [1.165, 1.54) is 24.2 Å². The molecule has 1 amide bonds. The zero-order chi connectivity index (χ0) is 18.1. The predicted molar refractivity (Wildman–Crippen MR) is 92.9 cm³/mol. The molecule has 0 spiro atoms. The van der Waals surface area contributed by atoms with Gasteiger partial charge in [-0.3, -0.25) is 4.79 Å². The summed E-state index contributed by atoms with van der Waals surface area (Å²) in [6.45, 7) is 10.6. The van der Waals surface area contributed by atoms with Gasteiger partial charge in [-0.1, -0.05) is 18.2 Å². The van der Waals surface area contributed by atoms with E-state index in [4.69, 9.17) is 4.52 Å². The Kier molecular flexibility index (Phi) is 5.19. The molecule has 2 heterocycles. The lowest BCUT2D eigenvalue weighted by atomic mass is 10.1. The number of allylic oxidation sites excluding steroid dienone is 1. The third-order valence-corrected chi connectivity index (χ3v) is 7.05. The Hall–Kier alpha value is -1.67. The molecule has 1 N–H and O–H groups in total. The minimum atomic E-state index is -3.79. The normalized spacial score (nSPS) is 19.9. The first-order valence-electron chi connectivity index (χ1n) is 8.03. The zero-order valence-electron chi connectivity index (χ0n) is 14.6. The molecule has 1 aromatic heterocycles. The highest BCUT2D eigenvalue weighted by molar-refractivity contribution is 7.91. The summed E-state index contributed by atoms with van der Waals surface area (Å²) in [6, 6.07) is 1.42. The number of hydrogen-bond donors (Lipinski definition) is 1. The second-order valence-electron chi connectivity index (χ2n) is 6.78. The maximum atomic E-state index is 13.0. The van der Waals surface area contributed by atoms with Crippen LogP contribution < -0.4 is 5.32 Å². The summed E-state index contributed by atoms with van der Waals surface area (Å²) in [4.78, 5) is 12.6. The Balaban J connectivity index is 2.20. The molecule has 1 fully saturated rings. The van der Waals surface area contributed by atoms with Crippen molar-refractivity contribution < 1.29 is 17.7 Å². The van der Waals surface area contributed by atoms with Crippen LogP contribution in [-0.4, -0.2) is 41.1 Å². The van der Waals surface area contributed by atoms with Crippen molar-refractivity contribution in [1.82, 2.24) is 9.46 Å². The fourth-order valence-electron chi connectivity index (χ4n) is 2.64. The summed E-state index contributed by atoms with van der Waals surface area (Å²) in [5.41, 5.74) is 0.664. The van der Waals surface area contributed by atoms with Crippen LogP contribution in [0.15, 0.2) is 17.2 Å². The topological polar surface area (TPSA) is 92.5 Å². The summed E-state index contributed by atoms with van der Waals surface area (Å²) in [5.74, 6) is -0.0228. The highest BCUT2D eigenvalue weighted by atomic mass is 32.2. The van der Waals surface area contributed by atoms with Gasteiger partial charge in [0.2, 0.25) is 15.9 Å². The minimum Gasteiger partial charge on any atom is -0.354 e. The summed E-state index contributed by atoms with van der Waals surface area (Å²) in [7, 11) is -3.79. The van der Waals surface area contributed by atoms with E-state index in [1.807, 2.05) is 6.92 Å². The molecule has 0 saturated carbocycles. The van der Waals surface area contributed by atoms with E-state index in [1.54, 1.807) is 6.92 Å². The maximum Gasteiger partial charge on any atom is 0.247 e. The molecule has 7 nitrogen and oxygen atoms in total. The van der Waals surface area contributed by atoms with Gasteiger partial charge in [0.05, 0.1) is 0 Å². The summed E-state index contributed by atoms with van der Waals surface area (Å²) in [5, 5.41) is 6.25. The van der Waals surface area contributed by atoms with Crippen LogP contribution in [0.2, 0.25) is 0 Å². The molecule has 1 saturated heterocycles. The SMILES string of the molecule is C=C(C)c1cc(NC(=O)C(C)(C)S(=O)(=O)N2CCCCC2C)no1. The highest BCUT2D eigenvalue weighted by Crippen LogP contribution is 2.29. The second kappa shape index (κ2) is 6.68. The van der Waals surface area contributed by atoms with Crippen molar-refractivity contribution in [2.45, 2.75) is 57.7 Å². The molecule has 1 unspecified atom stereocenters. The van der Waals surface area contributed by atoms with Crippen LogP contribution >= 0.6 is 0 Å². The molecule has 1 aliphatic heterocycles. The van der Waals surface area contributed by atoms with Crippen molar-refractivity contribution in [2.24, 2.45) is 0 Å². The molecule has 1 aliphatic rings. The van der Waals surface area contributed by atoms with Gasteiger partial charge in [0.25, 0.3) is 0 Å². The maximum absolute atomic E-state index is 13.0. The Morgan fingerprint density at radius 2 is 2.12 bits per heavy atom. The Morgan fingerprint density at radius 1 is 1.46 bits per heavy atom. The predicted octanol–water partition coefficient (Wildman–Crippen LogP) is 2.63. The number of nitrogens with one attached hydrogen (secondary N) is 1. The van der Waals surface area contributed by atoms with Crippen LogP contribution in [0, 0.1) is 0 Å². The van der Waals surface area contributed by atoms with Gasteiger partial charge in [0.15, 0.2) is 16.3 Å². The number of sulfonamides is 1. The highest BCUT2D eigenvalue weighted by Gasteiger charge is 2.47. The number of nitrogens with zero attached hydrogens (tertiary/aromatic N) is 2. The monoisotopic (exact) mass is 355 g/mol. The molecular weight excluding hydrogens is 330 g/mol. The zero-order valence-corrected chi connectivity index (χ0v) is 15.4. The van der Waals surface area contributed by atoms with Crippen molar-refractivity contribution in [3.63, 3.8) is 0 Å². The van der Waals surface area contributed by atoms with Gasteiger partial charge < -0.3 is 9.84 Å². The molecule has 2 rings (SSSR count). The van der Waals surface area contributed by atoms with E-state index in [-0.39, 0.29) is 11.9 Å². The lowest BCUT2D eigenvalue weighted by Crippen LogP contribution is -2.55. The summed E-state index contributed by atoms with van der Waals surface area (Å²) >= 11 is 0. The average Bonchev–Trinajstić information content (AvgIpc) is 2.96. The first-order chi connectivity index (χ1) is 11.1. The molecule has 0 bridgehead atoms. The molecule has 1 aromatic rings. The lowest BCUT2D eigenvalue weighted by Gasteiger charge is -2.37. The van der Waals surface area contributed by atoms with Crippen LogP contribution in [0.1, 0.15) is 52.7 Å². The minimum absolute atomic E-state index is 0.0992. The molecule has 24 heavy (non-hydrogen) atoms. The number of anilines is 1. The van der Waals surface area contributed by atoms with Gasteiger partial charge in [-0.25, -0.2) is 8.42 Å². The van der Waals surface area contributed by atoms with E-state index in [2.05, 4.69) is 17.1 Å². The molecule has 1 atom stereocenters. The lowest BCUT2D eigenvalue weighted by molar-refractivity contribution is -0.118. The van der Waals surface area contributed by atoms with Gasteiger partial charge in [-0.2, -0.15) is 4.31 Å². The van der Waals surface area contributed by atoms with Crippen molar-refractivity contribution >= 4 is 27.3 Å². The van der Waals surface area contributed by atoms with Crippen molar-refractivity contribution in [3.05, 3.63) is 18.4 Å². The Morgan fingerprint density at radius 3 is 2.67 bits per heavy atom. The summed E-state index contributed by atoms with van der Waals surface area (Å²) < 4.78 is 30.8. The molecular formula is C16H25N3O4S. The van der Waals surface area contributed by atoms with Crippen LogP contribution in [-0.2, 0) is 14.8 Å². The van der Waals surface area contributed by atoms with Crippen LogP contribution in [0.5, 0.6) is 0 Å². The standard InChI is InChI=1S/C16H25N3O4S/c1-11(2)13-10-14(18-23-13)17-15(20)16(4,5)24(21,22)19-9-7-6-8-12(19)3/h10,12H,1,6-9H2,2-5H3,(H,17,18,20).